The first-order chi connectivity index (χ1) is 15.3. The molecule has 1 saturated heterocycles. The average Bonchev–Trinajstić information content (AvgIpc) is 3.33. The van der Waals surface area contributed by atoms with Crippen LogP contribution in [0.3, 0.4) is 0 Å². The minimum atomic E-state index is -4.20. The summed E-state index contributed by atoms with van der Waals surface area (Å²) >= 11 is 0. The summed E-state index contributed by atoms with van der Waals surface area (Å²) in [6, 6.07) is 8.36. The first-order valence-electron chi connectivity index (χ1n) is 9.83. The normalized spacial score (nSPS) is 16.4. The van der Waals surface area contributed by atoms with Crippen LogP contribution in [0.25, 0.3) is 0 Å². The van der Waals surface area contributed by atoms with E-state index < -0.39 is 28.0 Å². The molecule has 0 radical (unpaired) electrons. The van der Waals surface area contributed by atoms with E-state index in [2.05, 4.69) is 0 Å². The van der Waals surface area contributed by atoms with Gasteiger partial charge in [0.1, 0.15) is 11.5 Å². The third kappa shape index (κ3) is 4.28. The van der Waals surface area contributed by atoms with Crippen molar-refractivity contribution in [1.29, 1.82) is 0 Å². The Morgan fingerprint density at radius 2 is 1.66 bits per heavy atom. The highest BCUT2D eigenvalue weighted by Crippen LogP contribution is 2.42. The van der Waals surface area contributed by atoms with E-state index in [-0.39, 0.29) is 22.6 Å². The van der Waals surface area contributed by atoms with Gasteiger partial charge in [0.15, 0.2) is 0 Å². The fourth-order valence-electron chi connectivity index (χ4n) is 3.82. The first kappa shape index (κ1) is 23.6. The second-order valence-corrected chi connectivity index (χ2v) is 8.93. The predicted octanol–water partition coefficient (Wildman–Crippen LogP) is 2.80. The summed E-state index contributed by atoms with van der Waals surface area (Å²) in [5.74, 6) is -0.456. The SMILES string of the molecule is COC(=O)c1ccc(C(=O)OC)c(S(=O)(=O)N2CCCC2c2cc(OC)ccc2OC)c1. The van der Waals surface area contributed by atoms with Crippen molar-refractivity contribution in [3.8, 4) is 11.5 Å². The molecule has 0 saturated carbocycles. The molecule has 1 heterocycles. The van der Waals surface area contributed by atoms with Gasteiger partial charge >= 0.3 is 11.9 Å². The molecule has 0 aromatic heterocycles. The number of hydrogen-bond donors (Lipinski definition) is 0. The molecule has 0 spiro atoms. The fraction of sp³-hybridized carbons (Fsp3) is 0.364. The fourth-order valence-corrected chi connectivity index (χ4v) is 5.71. The Morgan fingerprint density at radius 3 is 2.28 bits per heavy atom. The maximum atomic E-state index is 13.8. The average molecular weight is 464 g/mol. The Labute approximate surface area is 186 Å². The zero-order valence-corrected chi connectivity index (χ0v) is 19.1. The molecule has 0 aliphatic carbocycles. The molecule has 1 aliphatic rings. The topological polar surface area (TPSA) is 108 Å². The van der Waals surface area contributed by atoms with E-state index in [9.17, 15) is 18.0 Å². The second kappa shape index (κ2) is 9.58. The molecule has 32 heavy (non-hydrogen) atoms. The number of carbonyl (C=O) groups excluding carboxylic acids is 2. The number of methoxy groups -OCH3 is 4. The van der Waals surface area contributed by atoms with E-state index >= 15 is 0 Å². The lowest BCUT2D eigenvalue weighted by molar-refractivity contribution is 0.0583. The number of rotatable bonds is 7. The lowest BCUT2D eigenvalue weighted by Gasteiger charge is -2.27. The number of benzene rings is 2. The maximum absolute atomic E-state index is 13.8. The Balaban J connectivity index is 2.15. The molecule has 172 valence electrons. The van der Waals surface area contributed by atoms with Gasteiger partial charge in [0, 0.05) is 12.1 Å². The van der Waals surface area contributed by atoms with Gasteiger partial charge in [-0.15, -0.1) is 0 Å². The molecule has 2 aromatic rings. The lowest BCUT2D eigenvalue weighted by atomic mass is 10.0. The number of hydrogen-bond acceptors (Lipinski definition) is 8. The molecule has 10 heteroatoms. The van der Waals surface area contributed by atoms with Crippen molar-refractivity contribution >= 4 is 22.0 Å². The van der Waals surface area contributed by atoms with Gasteiger partial charge < -0.3 is 18.9 Å². The molecule has 1 atom stereocenters. The van der Waals surface area contributed by atoms with E-state index in [0.717, 1.165) is 13.2 Å². The summed E-state index contributed by atoms with van der Waals surface area (Å²) in [5.41, 5.74) is 0.494. The summed E-state index contributed by atoms with van der Waals surface area (Å²) < 4.78 is 49.1. The standard InChI is InChI=1S/C22H25NO8S/c1-28-15-8-10-19(29-2)17(13-15)18-6-5-11-23(18)32(26,27)20-12-14(21(24)30-3)7-9-16(20)22(25)31-4/h7-10,12-13,18H,5-6,11H2,1-4H3. The van der Waals surface area contributed by atoms with Crippen molar-refractivity contribution in [2.45, 2.75) is 23.8 Å². The zero-order valence-electron chi connectivity index (χ0n) is 18.3. The highest BCUT2D eigenvalue weighted by atomic mass is 32.2. The summed E-state index contributed by atoms with van der Waals surface area (Å²) in [5, 5.41) is 0. The Bertz CT molecular complexity index is 1130. The monoisotopic (exact) mass is 463 g/mol. The van der Waals surface area contributed by atoms with Crippen LogP contribution in [0.15, 0.2) is 41.3 Å². The highest BCUT2D eigenvalue weighted by molar-refractivity contribution is 7.89. The first-order valence-corrected chi connectivity index (χ1v) is 11.3. The van der Waals surface area contributed by atoms with Crippen LogP contribution in [0.4, 0.5) is 0 Å². The number of sulfonamides is 1. The minimum Gasteiger partial charge on any atom is -0.497 e. The molecule has 1 aliphatic heterocycles. The van der Waals surface area contributed by atoms with Crippen molar-refractivity contribution in [3.63, 3.8) is 0 Å². The van der Waals surface area contributed by atoms with Gasteiger partial charge in [-0.2, -0.15) is 4.31 Å². The Kier molecular flexibility index (Phi) is 7.05. The molecular weight excluding hydrogens is 438 g/mol. The summed E-state index contributed by atoms with van der Waals surface area (Å²) in [4.78, 5) is 24.0. The van der Waals surface area contributed by atoms with E-state index in [1.54, 1.807) is 18.2 Å². The van der Waals surface area contributed by atoms with Crippen LogP contribution in [0.1, 0.15) is 45.2 Å². The maximum Gasteiger partial charge on any atom is 0.339 e. The van der Waals surface area contributed by atoms with E-state index in [1.807, 2.05) is 0 Å². The quantitative estimate of drug-likeness (QED) is 0.577. The highest BCUT2D eigenvalue weighted by Gasteiger charge is 2.40. The van der Waals surface area contributed by atoms with Gasteiger partial charge in [-0.25, -0.2) is 18.0 Å². The van der Waals surface area contributed by atoms with Gasteiger partial charge in [0.05, 0.1) is 50.5 Å². The van der Waals surface area contributed by atoms with Gasteiger partial charge in [-0.3, -0.25) is 0 Å². The van der Waals surface area contributed by atoms with Crippen molar-refractivity contribution in [1.82, 2.24) is 4.31 Å². The van der Waals surface area contributed by atoms with Gasteiger partial charge in [-0.1, -0.05) is 0 Å². The second-order valence-electron chi connectivity index (χ2n) is 7.08. The van der Waals surface area contributed by atoms with Crippen molar-refractivity contribution in [2.24, 2.45) is 0 Å². The van der Waals surface area contributed by atoms with Crippen molar-refractivity contribution < 1.29 is 37.0 Å². The molecular formula is C22H25NO8S. The molecule has 3 rings (SSSR count). The molecule has 0 N–H and O–H groups in total. The number of ether oxygens (including phenoxy) is 4. The largest absolute Gasteiger partial charge is 0.497 e. The summed E-state index contributed by atoms with van der Waals surface area (Å²) in [6.45, 7) is 0.233. The van der Waals surface area contributed by atoms with Crippen molar-refractivity contribution in [2.75, 3.05) is 35.0 Å². The summed E-state index contributed by atoms with van der Waals surface area (Å²) in [6.07, 6.45) is 1.15. The molecule has 0 bridgehead atoms. The van der Waals surface area contributed by atoms with Crippen LogP contribution in [0.2, 0.25) is 0 Å². The van der Waals surface area contributed by atoms with Gasteiger partial charge in [0.2, 0.25) is 10.0 Å². The lowest BCUT2D eigenvalue weighted by Crippen LogP contribution is -2.32. The van der Waals surface area contributed by atoms with Crippen LogP contribution in [0, 0.1) is 0 Å². The smallest absolute Gasteiger partial charge is 0.339 e. The van der Waals surface area contributed by atoms with E-state index in [0.29, 0.717) is 29.9 Å². The van der Waals surface area contributed by atoms with Crippen LogP contribution < -0.4 is 9.47 Å². The molecule has 1 unspecified atom stereocenters. The molecule has 0 amide bonds. The Morgan fingerprint density at radius 1 is 0.938 bits per heavy atom. The third-order valence-electron chi connectivity index (χ3n) is 5.39. The predicted molar refractivity (Wildman–Crippen MR) is 115 cm³/mol. The summed E-state index contributed by atoms with van der Waals surface area (Å²) in [7, 11) is 1.18. The number of nitrogens with zero attached hydrogens (tertiary/aromatic N) is 1. The number of carbonyl (C=O) groups is 2. The molecule has 9 nitrogen and oxygen atoms in total. The Hall–Kier alpha value is -3.11. The third-order valence-corrected chi connectivity index (χ3v) is 7.34. The van der Waals surface area contributed by atoms with Crippen LogP contribution >= 0.6 is 0 Å². The number of esters is 2. The van der Waals surface area contributed by atoms with Crippen LogP contribution in [0.5, 0.6) is 11.5 Å². The minimum absolute atomic E-state index is 0.00781. The van der Waals surface area contributed by atoms with Crippen molar-refractivity contribution in [3.05, 3.63) is 53.1 Å². The zero-order chi connectivity index (χ0) is 23.5. The van der Waals surface area contributed by atoms with E-state index in [1.165, 1.54) is 37.8 Å². The molecule has 1 fully saturated rings. The van der Waals surface area contributed by atoms with E-state index in [4.69, 9.17) is 18.9 Å². The van der Waals surface area contributed by atoms with Crippen LogP contribution in [-0.2, 0) is 19.5 Å². The van der Waals surface area contributed by atoms with Gasteiger partial charge in [-0.05, 0) is 49.2 Å². The van der Waals surface area contributed by atoms with Gasteiger partial charge in [0.25, 0.3) is 0 Å². The van der Waals surface area contributed by atoms with Crippen LogP contribution in [-0.4, -0.2) is 59.6 Å². The molecule has 2 aromatic carbocycles.